The first-order valence-electron chi connectivity index (χ1n) is 5.94. The molecule has 102 valence electrons. The monoisotopic (exact) mass is 279 g/mol. The van der Waals surface area contributed by atoms with Gasteiger partial charge in [0.25, 0.3) is 0 Å². The topological polar surface area (TPSA) is 84.6 Å². The summed E-state index contributed by atoms with van der Waals surface area (Å²) >= 11 is 1.60. The Hall–Kier alpha value is -1.70. The third kappa shape index (κ3) is 3.88. The van der Waals surface area contributed by atoms with Gasteiger partial charge in [0.05, 0.1) is 15.7 Å². The standard InChI is InChI=1S/C12H17N5OS/c1-18-6-2-5-14-12(17-13)16-9-3-4-10-11(7-9)19-8-15-10/h3-4,7-8H,2,5-6,13H2,1H3,(H2,14,16,17). The molecule has 1 heterocycles. The molecule has 1 aromatic heterocycles. The molecule has 2 aromatic rings. The van der Waals surface area contributed by atoms with Crippen molar-refractivity contribution >= 4 is 33.2 Å². The molecule has 0 aliphatic carbocycles. The Labute approximate surface area is 115 Å². The lowest BCUT2D eigenvalue weighted by Gasteiger charge is -2.09. The van der Waals surface area contributed by atoms with Crippen molar-refractivity contribution in [2.75, 3.05) is 25.6 Å². The van der Waals surface area contributed by atoms with Crippen LogP contribution in [0.2, 0.25) is 0 Å². The van der Waals surface area contributed by atoms with Crippen LogP contribution in [0, 0.1) is 0 Å². The molecular weight excluding hydrogens is 262 g/mol. The van der Waals surface area contributed by atoms with Gasteiger partial charge in [-0.25, -0.2) is 10.8 Å². The van der Waals surface area contributed by atoms with Crippen molar-refractivity contribution in [2.24, 2.45) is 10.8 Å². The van der Waals surface area contributed by atoms with Gasteiger partial charge < -0.3 is 10.1 Å². The van der Waals surface area contributed by atoms with Crippen LogP contribution in [0.1, 0.15) is 6.42 Å². The maximum absolute atomic E-state index is 5.44. The fourth-order valence-corrected chi connectivity index (χ4v) is 2.31. The van der Waals surface area contributed by atoms with Crippen LogP contribution in [0.3, 0.4) is 0 Å². The van der Waals surface area contributed by atoms with Crippen LogP contribution < -0.4 is 16.6 Å². The number of nitrogens with two attached hydrogens (primary N) is 1. The van der Waals surface area contributed by atoms with Crippen molar-refractivity contribution in [1.29, 1.82) is 0 Å². The largest absolute Gasteiger partial charge is 0.385 e. The summed E-state index contributed by atoms with van der Waals surface area (Å²) in [5, 5.41) is 3.14. The number of ether oxygens (including phenoxy) is 1. The minimum absolute atomic E-state index is 0.542. The molecule has 0 saturated heterocycles. The van der Waals surface area contributed by atoms with Crippen molar-refractivity contribution in [3.05, 3.63) is 23.7 Å². The van der Waals surface area contributed by atoms with E-state index in [1.54, 1.807) is 18.4 Å². The van der Waals surface area contributed by atoms with E-state index >= 15 is 0 Å². The van der Waals surface area contributed by atoms with Crippen LogP contribution >= 0.6 is 11.3 Å². The van der Waals surface area contributed by atoms with E-state index in [4.69, 9.17) is 10.6 Å². The number of thiazole rings is 1. The van der Waals surface area contributed by atoms with Crippen molar-refractivity contribution < 1.29 is 4.74 Å². The molecule has 0 aliphatic heterocycles. The van der Waals surface area contributed by atoms with Gasteiger partial charge in [0.2, 0.25) is 5.96 Å². The molecule has 6 nitrogen and oxygen atoms in total. The first-order valence-corrected chi connectivity index (χ1v) is 6.81. The number of aromatic nitrogens is 1. The quantitative estimate of drug-likeness (QED) is 0.254. The number of hydrogen-bond acceptors (Lipinski definition) is 5. The molecule has 0 radical (unpaired) electrons. The molecular formula is C12H17N5OS. The Morgan fingerprint density at radius 1 is 1.53 bits per heavy atom. The Morgan fingerprint density at radius 2 is 2.42 bits per heavy atom. The van der Waals surface area contributed by atoms with Crippen LogP contribution in [0.4, 0.5) is 5.69 Å². The second-order valence-electron chi connectivity index (χ2n) is 3.88. The fraction of sp³-hybridized carbons (Fsp3) is 0.333. The summed E-state index contributed by atoms with van der Waals surface area (Å²) in [4.78, 5) is 8.56. The number of nitrogens with one attached hydrogen (secondary N) is 2. The first kappa shape index (κ1) is 13.7. The van der Waals surface area contributed by atoms with Gasteiger partial charge in [0, 0.05) is 25.9 Å². The molecule has 0 atom stereocenters. The minimum Gasteiger partial charge on any atom is -0.385 e. The van der Waals surface area contributed by atoms with Gasteiger partial charge in [0.1, 0.15) is 0 Å². The molecule has 7 heteroatoms. The van der Waals surface area contributed by atoms with Gasteiger partial charge >= 0.3 is 0 Å². The van der Waals surface area contributed by atoms with Crippen molar-refractivity contribution in [1.82, 2.24) is 10.4 Å². The van der Waals surface area contributed by atoms with E-state index in [0.29, 0.717) is 19.1 Å². The maximum Gasteiger partial charge on any atom is 0.210 e. The molecule has 0 spiro atoms. The van der Waals surface area contributed by atoms with Crippen LogP contribution in [0.5, 0.6) is 0 Å². The van der Waals surface area contributed by atoms with Gasteiger partial charge in [-0.2, -0.15) is 0 Å². The molecule has 0 unspecified atom stereocenters. The van der Waals surface area contributed by atoms with Crippen LogP contribution in [-0.2, 0) is 4.74 Å². The highest BCUT2D eigenvalue weighted by Gasteiger charge is 2.01. The molecule has 19 heavy (non-hydrogen) atoms. The summed E-state index contributed by atoms with van der Waals surface area (Å²) in [6.07, 6.45) is 0.858. The zero-order valence-electron chi connectivity index (χ0n) is 10.7. The number of fused-ring (bicyclic) bond motifs is 1. The molecule has 4 N–H and O–H groups in total. The highest BCUT2D eigenvalue weighted by molar-refractivity contribution is 7.16. The van der Waals surface area contributed by atoms with Crippen molar-refractivity contribution in [3.8, 4) is 0 Å². The zero-order chi connectivity index (χ0) is 13.5. The van der Waals surface area contributed by atoms with Gasteiger partial charge in [0.15, 0.2) is 0 Å². The van der Waals surface area contributed by atoms with E-state index in [1.165, 1.54) is 0 Å². The van der Waals surface area contributed by atoms with Gasteiger partial charge in [-0.1, -0.05) is 0 Å². The number of guanidine groups is 1. The number of hydrogen-bond donors (Lipinski definition) is 3. The number of rotatable bonds is 5. The summed E-state index contributed by atoms with van der Waals surface area (Å²) in [5.74, 6) is 5.99. The van der Waals surface area contributed by atoms with E-state index in [0.717, 1.165) is 22.3 Å². The normalized spacial score (nSPS) is 11.8. The third-order valence-corrected chi connectivity index (χ3v) is 3.30. The second kappa shape index (κ2) is 7.03. The van der Waals surface area contributed by atoms with E-state index in [-0.39, 0.29) is 0 Å². The van der Waals surface area contributed by atoms with E-state index < -0.39 is 0 Å². The molecule has 0 fully saturated rings. The maximum atomic E-state index is 5.44. The fourth-order valence-electron chi connectivity index (χ4n) is 1.59. The lowest BCUT2D eigenvalue weighted by Crippen LogP contribution is -2.36. The average molecular weight is 279 g/mol. The summed E-state index contributed by atoms with van der Waals surface area (Å²) in [6.45, 7) is 1.34. The number of aliphatic imine (C=N–C) groups is 1. The van der Waals surface area contributed by atoms with Crippen molar-refractivity contribution in [2.45, 2.75) is 6.42 Å². The SMILES string of the molecule is COCCCN=C(NN)Nc1ccc2ncsc2c1. The van der Waals surface area contributed by atoms with Crippen LogP contribution in [-0.4, -0.2) is 31.2 Å². The van der Waals surface area contributed by atoms with Gasteiger partial charge in [-0.15, -0.1) is 11.3 Å². The third-order valence-electron chi connectivity index (χ3n) is 2.51. The molecule has 0 bridgehead atoms. The Morgan fingerprint density at radius 3 is 3.21 bits per heavy atom. The smallest absolute Gasteiger partial charge is 0.210 e. The number of benzene rings is 1. The molecule has 0 saturated carbocycles. The summed E-state index contributed by atoms with van der Waals surface area (Å²) < 4.78 is 6.09. The van der Waals surface area contributed by atoms with Gasteiger partial charge in [-0.05, 0) is 24.6 Å². The number of nitrogens with zero attached hydrogens (tertiary/aromatic N) is 2. The Bertz CT molecular complexity index is 554. The van der Waals surface area contributed by atoms with E-state index in [2.05, 4.69) is 20.7 Å². The first-order chi connectivity index (χ1) is 9.33. The molecule has 1 aromatic carbocycles. The Balaban J connectivity index is 2.00. The predicted molar refractivity (Wildman–Crippen MR) is 79.4 cm³/mol. The second-order valence-corrected chi connectivity index (χ2v) is 4.77. The highest BCUT2D eigenvalue weighted by atomic mass is 32.1. The van der Waals surface area contributed by atoms with Crippen LogP contribution in [0.25, 0.3) is 10.2 Å². The summed E-state index contributed by atoms with van der Waals surface area (Å²) in [6, 6.07) is 5.94. The summed E-state index contributed by atoms with van der Waals surface area (Å²) in [7, 11) is 1.67. The number of anilines is 1. The molecule has 0 amide bonds. The van der Waals surface area contributed by atoms with Crippen molar-refractivity contribution in [3.63, 3.8) is 0 Å². The lowest BCUT2D eigenvalue weighted by molar-refractivity contribution is 0.197. The number of hydrazine groups is 1. The van der Waals surface area contributed by atoms with E-state index in [9.17, 15) is 0 Å². The minimum atomic E-state index is 0.542. The molecule has 2 rings (SSSR count). The average Bonchev–Trinajstić information content (AvgIpc) is 2.89. The lowest BCUT2D eigenvalue weighted by atomic mass is 10.3. The molecule has 0 aliphatic rings. The van der Waals surface area contributed by atoms with Gasteiger partial charge in [-0.3, -0.25) is 10.4 Å². The van der Waals surface area contributed by atoms with Crippen LogP contribution in [0.15, 0.2) is 28.7 Å². The highest BCUT2D eigenvalue weighted by Crippen LogP contribution is 2.21. The summed E-state index contributed by atoms with van der Waals surface area (Å²) in [5.41, 5.74) is 6.31. The Kier molecular flexibility index (Phi) is 5.08. The predicted octanol–water partition coefficient (Wildman–Crippen LogP) is 1.56. The number of methoxy groups -OCH3 is 1. The zero-order valence-corrected chi connectivity index (χ0v) is 11.5. The van der Waals surface area contributed by atoms with E-state index in [1.807, 2.05) is 23.7 Å².